The summed E-state index contributed by atoms with van der Waals surface area (Å²) >= 11 is 3.46. The predicted octanol–water partition coefficient (Wildman–Crippen LogP) is 2.66. The highest BCUT2D eigenvalue weighted by Crippen LogP contribution is 2.24. The van der Waals surface area contributed by atoms with Gasteiger partial charge in [0.25, 0.3) is 0 Å². The van der Waals surface area contributed by atoms with Crippen LogP contribution < -0.4 is 10.1 Å². The molecule has 0 aliphatic carbocycles. The van der Waals surface area contributed by atoms with Crippen molar-refractivity contribution in [2.24, 2.45) is 0 Å². The van der Waals surface area contributed by atoms with Gasteiger partial charge in [-0.05, 0) is 46.7 Å². The first kappa shape index (κ1) is 19.0. The number of carbonyl (C=O) groups excluding carboxylic acids is 1. The quantitative estimate of drug-likeness (QED) is 0.624. The van der Waals surface area contributed by atoms with Gasteiger partial charge in [0.2, 0.25) is 5.91 Å². The molecule has 0 fully saturated rings. The standard InChI is InChI=1S/C19H20BrN5O2/c1-13-5-3-4-6-14(13)11-21-19(26)12-25-18(22-23-24-25)10-15-9-16(20)7-8-17(15)27-2/h3-9H,10-12H2,1-2H3,(H,21,26). The summed E-state index contributed by atoms with van der Waals surface area (Å²) in [4.78, 5) is 12.3. The SMILES string of the molecule is COc1ccc(Br)cc1Cc1nnnn1CC(=O)NCc1ccccc1C. The van der Waals surface area contributed by atoms with Gasteiger partial charge >= 0.3 is 0 Å². The summed E-state index contributed by atoms with van der Waals surface area (Å²) in [5, 5.41) is 14.6. The molecule has 0 atom stereocenters. The van der Waals surface area contributed by atoms with Crippen molar-refractivity contribution in [3.05, 3.63) is 69.5 Å². The van der Waals surface area contributed by atoms with Crippen LogP contribution in [0.2, 0.25) is 0 Å². The van der Waals surface area contributed by atoms with Crippen LogP contribution in [-0.2, 0) is 24.3 Å². The van der Waals surface area contributed by atoms with Crippen LogP contribution >= 0.6 is 15.9 Å². The van der Waals surface area contributed by atoms with Gasteiger partial charge in [-0.3, -0.25) is 4.79 Å². The molecule has 1 amide bonds. The van der Waals surface area contributed by atoms with Gasteiger partial charge in [0.1, 0.15) is 12.3 Å². The lowest BCUT2D eigenvalue weighted by atomic mass is 10.1. The van der Waals surface area contributed by atoms with E-state index in [4.69, 9.17) is 4.74 Å². The van der Waals surface area contributed by atoms with Crippen molar-refractivity contribution < 1.29 is 9.53 Å². The van der Waals surface area contributed by atoms with Crippen molar-refractivity contribution >= 4 is 21.8 Å². The number of benzene rings is 2. The predicted molar refractivity (Wildman–Crippen MR) is 104 cm³/mol. The monoisotopic (exact) mass is 429 g/mol. The molecule has 3 aromatic rings. The number of hydrogen-bond donors (Lipinski definition) is 1. The van der Waals surface area contributed by atoms with E-state index in [0.717, 1.165) is 26.9 Å². The smallest absolute Gasteiger partial charge is 0.242 e. The van der Waals surface area contributed by atoms with Crippen LogP contribution in [-0.4, -0.2) is 33.2 Å². The molecule has 0 unspecified atom stereocenters. The summed E-state index contributed by atoms with van der Waals surface area (Å²) in [6.45, 7) is 2.55. The summed E-state index contributed by atoms with van der Waals surface area (Å²) in [7, 11) is 1.62. The number of ether oxygens (including phenoxy) is 1. The molecular weight excluding hydrogens is 410 g/mol. The number of nitrogens with one attached hydrogen (secondary N) is 1. The van der Waals surface area contributed by atoms with Gasteiger partial charge in [0, 0.05) is 23.0 Å². The minimum Gasteiger partial charge on any atom is -0.496 e. The van der Waals surface area contributed by atoms with Crippen LogP contribution in [0.25, 0.3) is 0 Å². The second-order valence-corrected chi connectivity index (χ2v) is 7.00. The van der Waals surface area contributed by atoms with Crippen molar-refractivity contribution in [1.82, 2.24) is 25.5 Å². The number of methoxy groups -OCH3 is 1. The molecule has 0 spiro atoms. The summed E-state index contributed by atoms with van der Waals surface area (Å²) < 4.78 is 7.84. The molecule has 0 radical (unpaired) electrons. The highest BCUT2D eigenvalue weighted by molar-refractivity contribution is 9.10. The third kappa shape index (κ3) is 4.91. The zero-order valence-electron chi connectivity index (χ0n) is 15.1. The van der Waals surface area contributed by atoms with E-state index in [9.17, 15) is 4.79 Å². The maximum atomic E-state index is 12.3. The maximum absolute atomic E-state index is 12.3. The van der Waals surface area contributed by atoms with Crippen LogP contribution in [0.15, 0.2) is 46.9 Å². The molecule has 27 heavy (non-hydrogen) atoms. The van der Waals surface area contributed by atoms with E-state index in [2.05, 4.69) is 36.8 Å². The lowest BCUT2D eigenvalue weighted by molar-refractivity contribution is -0.122. The fourth-order valence-electron chi connectivity index (χ4n) is 2.72. The molecular formula is C19H20BrN5O2. The Labute approximate surface area is 165 Å². The first-order valence-corrected chi connectivity index (χ1v) is 9.25. The van der Waals surface area contributed by atoms with Gasteiger partial charge in [-0.15, -0.1) is 5.10 Å². The van der Waals surface area contributed by atoms with Crippen LogP contribution in [0.5, 0.6) is 5.75 Å². The van der Waals surface area contributed by atoms with Crippen LogP contribution in [0, 0.1) is 6.92 Å². The molecule has 1 aromatic heterocycles. The second kappa shape index (κ2) is 8.77. The van der Waals surface area contributed by atoms with Crippen LogP contribution in [0.1, 0.15) is 22.5 Å². The first-order valence-electron chi connectivity index (χ1n) is 8.45. The van der Waals surface area contributed by atoms with Crippen molar-refractivity contribution in [2.75, 3.05) is 7.11 Å². The lowest BCUT2D eigenvalue weighted by Gasteiger charge is -2.10. The number of hydrogen-bond acceptors (Lipinski definition) is 5. The van der Waals surface area contributed by atoms with Gasteiger partial charge in [-0.2, -0.15) is 0 Å². The Balaban J connectivity index is 1.66. The summed E-state index contributed by atoms with van der Waals surface area (Å²) in [6.07, 6.45) is 0.459. The van der Waals surface area contributed by atoms with Gasteiger partial charge < -0.3 is 10.1 Å². The molecule has 1 heterocycles. The Kier molecular flexibility index (Phi) is 6.18. The lowest BCUT2D eigenvalue weighted by Crippen LogP contribution is -2.28. The van der Waals surface area contributed by atoms with E-state index < -0.39 is 0 Å². The van der Waals surface area contributed by atoms with Gasteiger partial charge in [0.05, 0.1) is 7.11 Å². The average molecular weight is 430 g/mol. The Morgan fingerprint density at radius 3 is 2.81 bits per heavy atom. The highest BCUT2D eigenvalue weighted by Gasteiger charge is 2.14. The van der Waals surface area contributed by atoms with E-state index in [-0.39, 0.29) is 12.5 Å². The summed E-state index contributed by atoms with van der Waals surface area (Å²) in [5.41, 5.74) is 3.16. The fourth-order valence-corrected chi connectivity index (χ4v) is 3.13. The molecule has 3 rings (SSSR count). The Hall–Kier alpha value is -2.74. The zero-order chi connectivity index (χ0) is 19.2. The molecule has 0 bridgehead atoms. The Morgan fingerprint density at radius 1 is 1.22 bits per heavy atom. The minimum absolute atomic E-state index is 0.0601. The van der Waals surface area contributed by atoms with E-state index in [1.165, 1.54) is 4.68 Å². The number of amides is 1. The first-order chi connectivity index (χ1) is 13.1. The van der Waals surface area contributed by atoms with E-state index in [1.54, 1.807) is 7.11 Å². The number of nitrogens with zero attached hydrogens (tertiary/aromatic N) is 4. The third-order valence-corrected chi connectivity index (χ3v) is 4.72. The number of halogens is 1. The molecule has 0 aliphatic rings. The highest BCUT2D eigenvalue weighted by atomic mass is 79.9. The maximum Gasteiger partial charge on any atom is 0.242 e. The summed E-state index contributed by atoms with van der Waals surface area (Å²) in [5.74, 6) is 1.20. The summed E-state index contributed by atoms with van der Waals surface area (Å²) in [6, 6.07) is 13.7. The Bertz CT molecular complexity index is 941. The van der Waals surface area contributed by atoms with Crippen LogP contribution in [0.4, 0.5) is 0 Å². The molecule has 140 valence electrons. The van der Waals surface area contributed by atoms with Gasteiger partial charge in [-0.25, -0.2) is 4.68 Å². The van der Waals surface area contributed by atoms with Crippen molar-refractivity contribution in [3.63, 3.8) is 0 Å². The molecule has 7 nitrogen and oxygen atoms in total. The van der Waals surface area contributed by atoms with Gasteiger partial charge in [0.15, 0.2) is 5.82 Å². The third-order valence-electron chi connectivity index (χ3n) is 4.23. The van der Waals surface area contributed by atoms with Crippen molar-refractivity contribution in [1.29, 1.82) is 0 Å². The van der Waals surface area contributed by atoms with E-state index in [0.29, 0.717) is 18.8 Å². The fraction of sp³-hybridized carbons (Fsp3) is 0.263. The second-order valence-electron chi connectivity index (χ2n) is 6.09. The number of tetrazole rings is 1. The number of aromatic nitrogens is 4. The number of aryl methyl sites for hydroxylation is 1. The van der Waals surface area contributed by atoms with E-state index >= 15 is 0 Å². The molecule has 0 saturated carbocycles. The molecule has 0 aliphatic heterocycles. The zero-order valence-corrected chi connectivity index (χ0v) is 16.7. The largest absolute Gasteiger partial charge is 0.496 e. The molecule has 1 N–H and O–H groups in total. The average Bonchev–Trinajstić information content (AvgIpc) is 3.08. The van der Waals surface area contributed by atoms with E-state index in [1.807, 2.05) is 49.4 Å². The number of carbonyl (C=O) groups is 1. The van der Waals surface area contributed by atoms with Crippen molar-refractivity contribution in [2.45, 2.75) is 26.4 Å². The molecule has 8 heteroatoms. The van der Waals surface area contributed by atoms with Crippen molar-refractivity contribution in [3.8, 4) is 5.75 Å². The topological polar surface area (TPSA) is 81.9 Å². The Morgan fingerprint density at radius 2 is 2.04 bits per heavy atom. The van der Waals surface area contributed by atoms with Crippen LogP contribution in [0.3, 0.4) is 0 Å². The van der Waals surface area contributed by atoms with Gasteiger partial charge in [-0.1, -0.05) is 40.2 Å². The molecule has 0 saturated heterocycles. The normalized spacial score (nSPS) is 10.6. The number of rotatable bonds is 7. The molecule has 2 aromatic carbocycles. The minimum atomic E-state index is -0.145.